The van der Waals surface area contributed by atoms with Crippen molar-refractivity contribution in [3.8, 4) is 0 Å². The number of carbonyl (C=O) groups excluding carboxylic acids is 1. The van der Waals surface area contributed by atoms with Gasteiger partial charge in [0.1, 0.15) is 0 Å². The molecule has 4 heteroatoms. The van der Waals surface area contributed by atoms with Gasteiger partial charge in [-0.25, -0.2) is 0 Å². The molecule has 1 amide bonds. The molecular weight excluding hydrogens is 260 g/mol. The number of nitrogens with one attached hydrogen (secondary N) is 2. The number of rotatable bonds is 2. The van der Waals surface area contributed by atoms with E-state index in [4.69, 9.17) is 0 Å². The molecule has 0 spiro atoms. The lowest BCUT2D eigenvalue weighted by molar-refractivity contribution is -0.125. The number of piperidine rings is 1. The number of hydrogen-bond acceptors (Lipinski definition) is 2. The summed E-state index contributed by atoms with van der Waals surface area (Å²) in [5.41, 5.74) is 2.98. The lowest BCUT2D eigenvalue weighted by Crippen LogP contribution is -2.46. The number of halogens is 1. The maximum Gasteiger partial charge on any atom is 0.231 e. The van der Waals surface area contributed by atoms with Gasteiger partial charge < -0.3 is 10.6 Å². The van der Waals surface area contributed by atoms with Crippen molar-refractivity contribution in [1.82, 2.24) is 5.32 Å². The lowest BCUT2D eigenvalue weighted by Gasteiger charge is -2.32. The predicted molar refractivity (Wildman–Crippen MR) is 82.0 cm³/mol. The van der Waals surface area contributed by atoms with Crippen LogP contribution in [0.5, 0.6) is 0 Å². The molecular formula is C15H23ClN2O. The van der Waals surface area contributed by atoms with E-state index in [0.717, 1.165) is 31.6 Å². The van der Waals surface area contributed by atoms with Crippen molar-refractivity contribution in [3.63, 3.8) is 0 Å². The molecule has 1 atom stereocenters. The van der Waals surface area contributed by atoms with Crippen molar-refractivity contribution >= 4 is 24.0 Å². The van der Waals surface area contributed by atoms with Crippen molar-refractivity contribution in [2.45, 2.75) is 33.6 Å². The van der Waals surface area contributed by atoms with Gasteiger partial charge in [-0.1, -0.05) is 6.07 Å². The molecule has 1 aliphatic rings. The summed E-state index contributed by atoms with van der Waals surface area (Å²) in [5.74, 6) is 0.125. The highest BCUT2D eigenvalue weighted by Crippen LogP contribution is 2.27. The van der Waals surface area contributed by atoms with Gasteiger partial charge >= 0.3 is 0 Å². The summed E-state index contributed by atoms with van der Waals surface area (Å²) in [7, 11) is 0. The molecule has 106 valence electrons. The summed E-state index contributed by atoms with van der Waals surface area (Å²) in [5, 5.41) is 6.36. The van der Waals surface area contributed by atoms with Gasteiger partial charge in [-0.2, -0.15) is 0 Å². The Balaban J connectivity index is 0.00000180. The summed E-state index contributed by atoms with van der Waals surface area (Å²) in [4.78, 5) is 12.4. The Kier molecular flexibility index (Phi) is 5.39. The Morgan fingerprint density at radius 1 is 1.26 bits per heavy atom. The molecule has 2 N–H and O–H groups in total. The number of hydrogen-bond donors (Lipinski definition) is 2. The van der Waals surface area contributed by atoms with Gasteiger partial charge in [0.05, 0.1) is 5.41 Å². The van der Waals surface area contributed by atoms with E-state index in [1.54, 1.807) is 0 Å². The van der Waals surface area contributed by atoms with Crippen LogP contribution >= 0.6 is 12.4 Å². The monoisotopic (exact) mass is 282 g/mol. The Bertz CT molecular complexity index is 433. The number of benzene rings is 1. The van der Waals surface area contributed by atoms with Gasteiger partial charge in [-0.3, -0.25) is 4.79 Å². The summed E-state index contributed by atoms with van der Waals surface area (Å²) in [6.45, 7) is 7.92. The lowest BCUT2D eigenvalue weighted by atomic mass is 9.82. The van der Waals surface area contributed by atoms with Crippen LogP contribution in [0.2, 0.25) is 0 Å². The first-order valence-corrected chi connectivity index (χ1v) is 6.60. The summed E-state index contributed by atoms with van der Waals surface area (Å²) >= 11 is 0. The Morgan fingerprint density at radius 2 is 1.89 bits per heavy atom. The van der Waals surface area contributed by atoms with E-state index < -0.39 is 0 Å². The molecule has 1 aliphatic heterocycles. The summed E-state index contributed by atoms with van der Waals surface area (Å²) in [6, 6.07) is 6.15. The number of aryl methyl sites for hydroxylation is 2. The fourth-order valence-electron chi connectivity index (χ4n) is 2.58. The van der Waals surface area contributed by atoms with Crippen molar-refractivity contribution in [2.75, 3.05) is 18.4 Å². The third kappa shape index (κ3) is 3.95. The van der Waals surface area contributed by atoms with Crippen molar-refractivity contribution in [3.05, 3.63) is 29.3 Å². The van der Waals surface area contributed by atoms with Gasteiger partial charge in [0.25, 0.3) is 0 Å². The molecule has 1 aromatic carbocycles. The summed E-state index contributed by atoms with van der Waals surface area (Å²) in [6.07, 6.45) is 2.02. The van der Waals surface area contributed by atoms with E-state index in [0.29, 0.717) is 0 Å². The molecule has 1 heterocycles. The second-order valence-electron chi connectivity index (χ2n) is 5.67. The molecule has 0 radical (unpaired) electrons. The van der Waals surface area contributed by atoms with Crippen LogP contribution in [0.1, 0.15) is 30.9 Å². The zero-order valence-electron chi connectivity index (χ0n) is 11.9. The van der Waals surface area contributed by atoms with Gasteiger partial charge in [0.15, 0.2) is 0 Å². The molecule has 0 saturated carbocycles. The standard InChI is InChI=1S/C15H22N2O.ClH/c1-11-7-12(2)9-13(8-11)17-14(18)15(3)5-4-6-16-10-15;/h7-9,16H,4-6,10H2,1-3H3,(H,17,18);1H. The molecule has 0 aromatic heterocycles. The van der Waals surface area contributed by atoms with E-state index in [-0.39, 0.29) is 23.7 Å². The largest absolute Gasteiger partial charge is 0.326 e. The fraction of sp³-hybridized carbons (Fsp3) is 0.533. The molecule has 2 rings (SSSR count). The van der Waals surface area contributed by atoms with Crippen LogP contribution in [-0.2, 0) is 4.79 Å². The van der Waals surface area contributed by atoms with Crippen LogP contribution in [0.3, 0.4) is 0 Å². The van der Waals surface area contributed by atoms with Gasteiger partial charge in [-0.15, -0.1) is 12.4 Å². The van der Waals surface area contributed by atoms with Gasteiger partial charge in [0, 0.05) is 12.2 Å². The molecule has 0 bridgehead atoms. The summed E-state index contributed by atoms with van der Waals surface area (Å²) < 4.78 is 0. The van der Waals surface area contributed by atoms with E-state index >= 15 is 0 Å². The quantitative estimate of drug-likeness (QED) is 0.875. The molecule has 19 heavy (non-hydrogen) atoms. The molecule has 1 saturated heterocycles. The third-order valence-corrected chi connectivity index (χ3v) is 3.63. The predicted octanol–water partition coefficient (Wildman–Crippen LogP) is 3.05. The highest BCUT2D eigenvalue weighted by molar-refractivity contribution is 5.95. The topological polar surface area (TPSA) is 41.1 Å². The number of amides is 1. The normalized spacial score (nSPS) is 22.5. The molecule has 1 fully saturated rings. The van der Waals surface area contributed by atoms with Crippen molar-refractivity contribution in [1.29, 1.82) is 0 Å². The fourth-order valence-corrected chi connectivity index (χ4v) is 2.58. The average molecular weight is 283 g/mol. The van der Waals surface area contributed by atoms with Crippen LogP contribution < -0.4 is 10.6 Å². The maximum absolute atomic E-state index is 12.4. The van der Waals surface area contributed by atoms with Gasteiger partial charge in [0.2, 0.25) is 5.91 Å². The van der Waals surface area contributed by atoms with Crippen LogP contribution in [0, 0.1) is 19.3 Å². The van der Waals surface area contributed by atoms with Crippen LogP contribution in [0.15, 0.2) is 18.2 Å². The zero-order chi connectivity index (χ0) is 13.2. The Hall–Kier alpha value is -1.06. The molecule has 1 unspecified atom stereocenters. The van der Waals surface area contributed by atoms with E-state index in [1.807, 2.05) is 32.9 Å². The van der Waals surface area contributed by atoms with Crippen LogP contribution in [-0.4, -0.2) is 19.0 Å². The minimum Gasteiger partial charge on any atom is -0.326 e. The highest BCUT2D eigenvalue weighted by atomic mass is 35.5. The maximum atomic E-state index is 12.4. The first-order valence-electron chi connectivity index (χ1n) is 6.60. The SMILES string of the molecule is Cc1cc(C)cc(NC(=O)C2(C)CCCNC2)c1.Cl. The Morgan fingerprint density at radius 3 is 2.42 bits per heavy atom. The smallest absolute Gasteiger partial charge is 0.231 e. The number of anilines is 1. The van der Waals surface area contributed by atoms with Crippen molar-refractivity contribution < 1.29 is 4.79 Å². The first kappa shape index (κ1) is 16.0. The number of carbonyl (C=O) groups is 1. The second kappa shape index (κ2) is 6.40. The first-order chi connectivity index (χ1) is 8.49. The molecule has 1 aromatic rings. The zero-order valence-corrected chi connectivity index (χ0v) is 12.7. The van der Waals surface area contributed by atoms with Gasteiger partial charge in [-0.05, 0) is 63.4 Å². The van der Waals surface area contributed by atoms with E-state index in [2.05, 4.69) is 16.7 Å². The van der Waals surface area contributed by atoms with E-state index in [9.17, 15) is 4.79 Å². The second-order valence-corrected chi connectivity index (χ2v) is 5.67. The third-order valence-electron chi connectivity index (χ3n) is 3.63. The minimum atomic E-state index is -0.282. The Labute approximate surface area is 121 Å². The van der Waals surface area contributed by atoms with Crippen LogP contribution in [0.25, 0.3) is 0 Å². The van der Waals surface area contributed by atoms with Crippen molar-refractivity contribution in [2.24, 2.45) is 5.41 Å². The average Bonchev–Trinajstić information content (AvgIpc) is 2.28. The minimum absolute atomic E-state index is 0. The van der Waals surface area contributed by atoms with Crippen LogP contribution in [0.4, 0.5) is 5.69 Å². The highest BCUT2D eigenvalue weighted by Gasteiger charge is 2.34. The van der Waals surface area contributed by atoms with E-state index in [1.165, 1.54) is 11.1 Å². The molecule has 0 aliphatic carbocycles. The molecule has 3 nitrogen and oxygen atoms in total.